The molecule has 4 aliphatic rings. The summed E-state index contributed by atoms with van der Waals surface area (Å²) in [5.41, 5.74) is 43.3. The molecule has 4 aromatic heterocycles. The molecule has 0 fully saturated rings. The number of nitrogen functional groups attached to an aromatic ring is 1. The number of fused-ring (bicyclic) bond motifs is 28. The van der Waals surface area contributed by atoms with Crippen LogP contribution in [0.4, 0.5) is 34.1 Å². The molecule has 0 aliphatic carbocycles. The normalized spacial score (nSPS) is 13.0. The number of hydrogen-bond acceptors (Lipinski definition) is 7. The maximum absolute atomic E-state index is 12.0. The number of hydrogen-bond donors (Lipinski definition) is 7. The average molecular weight is 1900 g/mol. The summed E-state index contributed by atoms with van der Waals surface area (Å²) in [4.78, 5) is 47.5. The molecule has 0 spiro atoms. The number of anilines is 2. The van der Waals surface area contributed by atoms with Gasteiger partial charge in [0.2, 0.25) is 5.91 Å². The standard InChI is InChI=1S/C32H24N4O.C30H21N3.C30H20N2.C24H14I2N2/c33-18-29(37)34-20-14-15-22-21-10-4-5-11-23(21)32-26(25(22)16-20)17-28(36-32)30-24-12-6-7-13-27(24)35-31(30)19-8-2-1-3-9-19;31-19-14-15-21-20-10-4-5-11-22(20)30-25(24(21)16-19)17-27(33-30)28-23-12-6-7-13-26(23)32-29(28)18-8-2-1-3-9-18;1-2-10-19(11-3-1)29-28(24-16-8-9-17-26(24)31-29)27-18-25-22-14-5-4-12-20(22)21-13-6-7-15-23(21)30(25)32-27;25-13-5-7-15-16-8-6-14(26)10-19(16)24-20(18(15)9-13)11-23(28-24)21-12-27-22-4-2-1-3-17(21)22/h1-16,35H,17-18,33H2,(H,34,37);1-16,32H,17,31H2;1-17,31H,18H2;1-10,12,27H,11H2. The Hall–Kier alpha value is -15.2. The molecule has 0 bridgehead atoms. The summed E-state index contributed by atoms with van der Waals surface area (Å²) in [5, 5.41) is 27.4. The Morgan fingerprint density at radius 3 is 1.05 bits per heavy atom. The third-order valence-electron chi connectivity index (χ3n) is 26.3. The average Bonchev–Trinajstić information content (AvgIpc) is 1.57. The van der Waals surface area contributed by atoms with Crippen LogP contribution in [0.5, 0.6) is 0 Å². The van der Waals surface area contributed by atoms with Crippen molar-refractivity contribution in [2.45, 2.75) is 25.7 Å². The smallest absolute Gasteiger partial charge is 0.238 e. The number of benzene rings is 19. The van der Waals surface area contributed by atoms with E-state index < -0.39 is 0 Å². The highest BCUT2D eigenvalue weighted by Crippen LogP contribution is 2.51. The Morgan fingerprint density at radius 2 is 0.600 bits per heavy atom. The highest BCUT2D eigenvalue weighted by molar-refractivity contribution is 14.1. The van der Waals surface area contributed by atoms with Gasteiger partial charge in [-0.1, -0.05) is 285 Å². The Labute approximate surface area is 774 Å². The van der Waals surface area contributed by atoms with E-state index in [2.05, 4.69) is 416 Å². The van der Waals surface area contributed by atoms with Crippen LogP contribution in [0, 0.1) is 7.14 Å². The molecule has 12 nitrogen and oxygen atoms in total. The van der Waals surface area contributed by atoms with Crippen LogP contribution in [0.15, 0.2) is 384 Å². The molecule has 14 heteroatoms. The van der Waals surface area contributed by atoms with E-state index in [-0.39, 0.29) is 12.5 Å². The van der Waals surface area contributed by atoms with Crippen molar-refractivity contribution in [1.82, 2.24) is 19.9 Å². The fraction of sp³-hybridized carbons (Fsp3) is 0.0431. The van der Waals surface area contributed by atoms with Crippen LogP contribution in [0.3, 0.4) is 0 Å². The number of aliphatic imine (C=N–C) groups is 4. The molecule has 0 radical (unpaired) electrons. The Balaban J connectivity index is 0.0000000964. The van der Waals surface area contributed by atoms with Gasteiger partial charge in [0.1, 0.15) is 0 Å². The Bertz CT molecular complexity index is 8820. The zero-order valence-electron chi connectivity index (χ0n) is 70.3. The first kappa shape index (κ1) is 78.3. The Kier molecular flexibility index (Phi) is 19.4. The molecule has 8 heterocycles. The number of aromatic amines is 4. The van der Waals surface area contributed by atoms with Crippen LogP contribution in [0.2, 0.25) is 0 Å². The van der Waals surface area contributed by atoms with Gasteiger partial charge < -0.3 is 36.7 Å². The Morgan fingerprint density at radius 1 is 0.292 bits per heavy atom. The first-order chi connectivity index (χ1) is 64.1. The second kappa shape index (κ2) is 32.3. The molecule has 0 unspecified atom stereocenters. The number of H-pyrrole nitrogens is 4. The highest BCUT2D eigenvalue weighted by Gasteiger charge is 2.32. The molecule has 4 aliphatic heterocycles. The molecule has 19 aromatic carbocycles. The number of nitrogens with one attached hydrogen (secondary N) is 5. The van der Waals surface area contributed by atoms with Gasteiger partial charge in [0.25, 0.3) is 0 Å². The predicted octanol–water partition coefficient (Wildman–Crippen LogP) is 29.3. The molecule has 0 saturated heterocycles. The predicted molar refractivity (Wildman–Crippen MR) is 562 cm³/mol. The number of nitrogens with zero attached hydrogens (tertiary/aromatic N) is 4. The lowest BCUT2D eigenvalue weighted by Crippen LogP contribution is -2.21. The van der Waals surface area contributed by atoms with E-state index in [1.807, 2.05) is 18.2 Å². The number of amides is 1. The number of aromatic nitrogens is 4. The van der Waals surface area contributed by atoms with Gasteiger partial charge in [-0.3, -0.25) is 24.8 Å². The fourth-order valence-electron chi connectivity index (χ4n) is 20.5. The minimum absolute atomic E-state index is 0.0516. The lowest BCUT2D eigenvalue weighted by atomic mass is 9.92. The maximum atomic E-state index is 12.0. The van der Waals surface area contributed by atoms with Crippen LogP contribution in [0.25, 0.3) is 164 Å². The summed E-state index contributed by atoms with van der Waals surface area (Å²) < 4.78 is 2.51. The zero-order chi connectivity index (χ0) is 86.8. The van der Waals surface area contributed by atoms with E-state index in [1.165, 1.54) is 138 Å². The van der Waals surface area contributed by atoms with Gasteiger partial charge >= 0.3 is 0 Å². The monoisotopic (exact) mass is 1900 g/mol. The zero-order valence-corrected chi connectivity index (χ0v) is 74.6. The van der Waals surface area contributed by atoms with Crippen LogP contribution in [-0.4, -0.2) is 55.2 Å². The number of carbonyl (C=O) groups excluding carboxylic acids is 1. The third-order valence-corrected chi connectivity index (χ3v) is 27.6. The number of para-hydroxylation sites is 4. The lowest BCUT2D eigenvalue weighted by molar-refractivity contribution is -0.114. The van der Waals surface area contributed by atoms with Crippen molar-refractivity contribution in [3.05, 3.63) is 416 Å². The van der Waals surface area contributed by atoms with Gasteiger partial charge in [-0.05, 0) is 222 Å². The van der Waals surface area contributed by atoms with Gasteiger partial charge in [-0.25, -0.2) is 0 Å². The number of halogens is 2. The van der Waals surface area contributed by atoms with E-state index in [1.54, 1.807) is 0 Å². The molecule has 618 valence electrons. The molecule has 130 heavy (non-hydrogen) atoms. The molecule has 27 rings (SSSR count). The van der Waals surface area contributed by atoms with Gasteiger partial charge in [0.15, 0.2) is 0 Å². The molecule has 23 aromatic rings. The summed E-state index contributed by atoms with van der Waals surface area (Å²) in [5.74, 6) is -0.208. The first-order valence-electron chi connectivity index (χ1n) is 43.9. The highest BCUT2D eigenvalue weighted by atomic mass is 127. The van der Waals surface area contributed by atoms with Crippen LogP contribution in [-0.2, 0) is 30.5 Å². The largest absolute Gasteiger partial charge is 0.399 e. The minimum Gasteiger partial charge on any atom is -0.399 e. The summed E-state index contributed by atoms with van der Waals surface area (Å²) >= 11 is 4.80. The van der Waals surface area contributed by atoms with Crippen LogP contribution >= 0.6 is 45.2 Å². The van der Waals surface area contributed by atoms with Crippen molar-refractivity contribution >= 4 is 238 Å². The first-order valence-corrected chi connectivity index (χ1v) is 46.0. The van der Waals surface area contributed by atoms with E-state index >= 15 is 0 Å². The summed E-state index contributed by atoms with van der Waals surface area (Å²) in [6.07, 6.45) is 5.29. The topological polar surface area (TPSA) is 194 Å². The summed E-state index contributed by atoms with van der Waals surface area (Å²) in [7, 11) is 0. The minimum atomic E-state index is -0.208. The second-order valence-corrected chi connectivity index (χ2v) is 36.2. The van der Waals surface area contributed by atoms with Crippen molar-refractivity contribution in [3.63, 3.8) is 0 Å². The molecule has 1 amide bonds. The molecule has 9 N–H and O–H groups in total. The van der Waals surface area contributed by atoms with Gasteiger partial charge in [0, 0.05) is 138 Å². The van der Waals surface area contributed by atoms with Crippen molar-refractivity contribution in [1.29, 1.82) is 0 Å². The number of nitrogens with two attached hydrogens (primary N) is 2. The van der Waals surface area contributed by atoms with Gasteiger partial charge in [0.05, 0.1) is 69.2 Å². The van der Waals surface area contributed by atoms with E-state index in [4.69, 9.17) is 31.4 Å². The number of carbonyl (C=O) groups is 1. The van der Waals surface area contributed by atoms with Crippen molar-refractivity contribution < 1.29 is 4.79 Å². The second-order valence-electron chi connectivity index (χ2n) is 33.7. The summed E-state index contributed by atoms with van der Waals surface area (Å²) in [6.45, 7) is -0.0516. The molecule has 0 saturated carbocycles. The van der Waals surface area contributed by atoms with Gasteiger partial charge in [-0.2, -0.15) is 0 Å². The van der Waals surface area contributed by atoms with Crippen molar-refractivity contribution in [2.75, 3.05) is 17.6 Å². The SMILES string of the molecule is Ic1ccc2c(c1)c1c(c3cc(I)ccc32)N=C(c2c[nH]c3ccccc23)C1.NCC(=O)Nc1ccc2c(c1)c1c(c3ccccc32)N=C(c2c(-c3ccccc3)[nH]c3ccccc23)C1.Nc1ccc2c(c1)c1c(c3ccccc32)N=C(c2c(-c3ccccc3)[nH]c3ccccc23)C1.c1ccc(-c2[nH]c3ccccc3c2C2=Nc3c(c4ccccc4c4ccccc34)C2)cc1. The maximum Gasteiger partial charge on any atom is 0.238 e. The van der Waals surface area contributed by atoms with E-state index in [0.717, 1.165) is 153 Å². The quantitative estimate of drug-likeness (QED) is 0.0430. The fourth-order valence-corrected chi connectivity index (χ4v) is 21.5. The summed E-state index contributed by atoms with van der Waals surface area (Å²) in [6, 6.07) is 126. The van der Waals surface area contributed by atoms with Crippen molar-refractivity contribution in [3.8, 4) is 33.8 Å². The van der Waals surface area contributed by atoms with Gasteiger partial charge in [-0.15, -0.1) is 0 Å². The molecule has 0 atom stereocenters. The third kappa shape index (κ3) is 13.4. The van der Waals surface area contributed by atoms with Crippen LogP contribution in [0.1, 0.15) is 44.5 Å². The van der Waals surface area contributed by atoms with Crippen molar-refractivity contribution in [2.24, 2.45) is 25.7 Å². The van der Waals surface area contributed by atoms with E-state index in [9.17, 15) is 4.79 Å². The molecular formula is C116H79I2N11O. The van der Waals surface area contributed by atoms with Crippen LogP contribution < -0.4 is 16.8 Å². The van der Waals surface area contributed by atoms with E-state index in [0.29, 0.717) is 6.42 Å². The molecular weight excluding hydrogens is 1820 g/mol. The number of rotatable bonds is 9. The lowest BCUT2D eigenvalue weighted by Gasteiger charge is -2.12.